The van der Waals surface area contributed by atoms with Gasteiger partial charge in [0.25, 0.3) is 0 Å². The molecule has 0 bridgehead atoms. The van der Waals surface area contributed by atoms with E-state index in [1.54, 1.807) is 0 Å². The number of esters is 1. The number of hydrogen-bond donors (Lipinski definition) is 2. The zero-order valence-corrected chi connectivity index (χ0v) is 10.9. The second-order valence-electron chi connectivity index (χ2n) is 4.36. The Morgan fingerprint density at radius 3 is 2.47 bits per heavy atom. The van der Waals surface area contributed by atoms with Gasteiger partial charge in [0, 0.05) is 12.8 Å². The highest BCUT2D eigenvalue weighted by Gasteiger charge is 2.05. The Balaban J connectivity index is 3.23. The van der Waals surface area contributed by atoms with Gasteiger partial charge < -0.3 is 14.9 Å². The Labute approximate surface area is 104 Å². The summed E-state index contributed by atoms with van der Waals surface area (Å²) in [6, 6.07) is 0. The number of aliphatic hydroxyl groups is 2. The van der Waals surface area contributed by atoms with Gasteiger partial charge in [0.05, 0.1) is 19.3 Å². The maximum Gasteiger partial charge on any atom is 0.305 e. The highest BCUT2D eigenvalue weighted by Crippen LogP contribution is 2.07. The van der Waals surface area contributed by atoms with Gasteiger partial charge in [0.1, 0.15) is 0 Å². The Morgan fingerprint density at radius 1 is 1.18 bits per heavy atom. The molecule has 0 aromatic heterocycles. The molecule has 0 rings (SSSR count). The molecule has 2 N–H and O–H groups in total. The maximum absolute atomic E-state index is 11.2. The van der Waals surface area contributed by atoms with Crippen molar-refractivity contribution < 1.29 is 19.7 Å². The lowest BCUT2D eigenvalue weighted by atomic mass is 10.1. The third-order valence-electron chi connectivity index (χ3n) is 2.66. The molecule has 0 aliphatic rings. The Morgan fingerprint density at radius 2 is 1.82 bits per heavy atom. The van der Waals surface area contributed by atoms with E-state index in [4.69, 9.17) is 14.9 Å². The summed E-state index contributed by atoms with van der Waals surface area (Å²) in [7, 11) is 0. The summed E-state index contributed by atoms with van der Waals surface area (Å²) in [5.74, 6) is -0.203. The van der Waals surface area contributed by atoms with Crippen molar-refractivity contribution in [1.29, 1.82) is 0 Å². The summed E-state index contributed by atoms with van der Waals surface area (Å²) >= 11 is 0. The molecule has 102 valence electrons. The molecule has 4 heteroatoms. The Hall–Kier alpha value is -0.610. The summed E-state index contributed by atoms with van der Waals surface area (Å²) in [6.07, 6.45) is 6.87. The van der Waals surface area contributed by atoms with Gasteiger partial charge in [-0.1, -0.05) is 39.0 Å². The first-order valence-electron chi connectivity index (χ1n) is 6.65. The van der Waals surface area contributed by atoms with Gasteiger partial charge in [0.15, 0.2) is 0 Å². The Kier molecular flexibility index (Phi) is 11.4. The maximum atomic E-state index is 11.2. The monoisotopic (exact) mass is 246 g/mol. The van der Waals surface area contributed by atoms with E-state index in [0.717, 1.165) is 12.8 Å². The number of rotatable bonds is 11. The number of unbranched alkanes of at least 4 members (excludes halogenated alkanes) is 5. The van der Waals surface area contributed by atoms with E-state index in [9.17, 15) is 4.79 Å². The van der Waals surface area contributed by atoms with E-state index in [-0.39, 0.29) is 19.2 Å². The zero-order chi connectivity index (χ0) is 12.9. The van der Waals surface area contributed by atoms with Crippen LogP contribution in [-0.4, -0.2) is 35.5 Å². The average molecular weight is 246 g/mol. The summed E-state index contributed by atoms with van der Waals surface area (Å²) < 4.78 is 4.93. The van der Waals surface area contributed by atoms with E-state index < -0.39 is 6.10 Å². The first-order valence-corrected chi connectivity index (χ1v) is 6.65. The smallest absolute Gasteiger partial charge is 0.305 e. The standard InChI is InChI=1S/C13H26O4/c1-2-3-4-5-6-7-8-13(16)17-10-9-12(15)11-14/h12,14-15H,2-11H2,1H3. The molecule has 1 atom stereocenters. The van der Waals surface area contributed by atoms with Crippen molar-refractivity contribution in [2.24, 2.45) is 0 Å². The second kappa shape index (κ2) is 11.9. The van der Waals surface area contributed by atoms with Crippen LogP contribution in [0.2, 0.25) is 0 Å². The molecule has 0 spiro atoms. The quantitative estimate of drug-likeness (QED) is 0.432. The number of ether oxygens (including phenoxy) is 1. The van der Waals surface area contributed by atoms with Crippen LogP contribution in [0.5, 0.6) is 0 Å². The van der Waals surface area contributed by atoms with Crippen LogP contribution in [-0.2, 0) is 9.53 Å². The Bertz CT molecular complexity index is 182. The van der Waals surface area contributed by atoms with Gasteiger partial charge in [-0.05, 0) is 6.42 Å². The molecular formula is C13H26O4. The fraction of sp³-hybridized carbons (Fsp3) is 0.923. The van der Waals surface area contributed by atoms with E-state index in [1.165, 1.54) is 25.7 Å². The van der Waals surface area contributed by atoms with Crippen LogP contribution < -0.4 is 0 Å². The first-order chi connectivity index (χ1) is 8.20. The normalized spacial score (nSPS) is 12.4. The molecule has 1 unspecified atom stereocenters. The minimum Gasteiger partial charge on any atom is -0.466 e. The SMILES string of the molecule is CCCCCCCCC(=O)OCCC(O)CO. The van der Waals surface area contributed by atoms with Crippen LogP contribution in [0, 0.1) is 0 Å². The van der Waals surface area contributed by atoms with Crippen molar-refractivity contribution in [1.82, 2.24) is 0 Å². The van der Waals surface area contributed by atoms with Gasteiger partial charge in [-0.3, -0.25) is 4.79 Å². The lowest BCUT2D eigenvalue weighted by Gasteiger charge is -2.07. The fourth-order valence-corrected chi connectivity index (χ4v) is 1.52. The molecule has 0 heterocycles. The summed E-state index contributed by atoms with van der Waals surface area (Å²) in [5, 5.41) is 17.6. The lowest BCUT2D eigenvalue weighted by Crippen LogP contribution is -2.16. The van der Waals surface area contributed by atoms with Gasteiger partial charge in [-0.25, -0.2) is 0 Å². The average Bonchev–Trinajstić information content (AvgIpc) is 2.33. The van der Waals surface area contributed by atoms with Gasteiger partial charge in [-0.2, -0.15) is 0 Å². The fourth-order valence-electron chi connectivity index (χ4n) is 1.52. The molecule has 0 aromatic rings. The molecule has 0 radical (unpaired) electrons. The van der Waals surface area contributed by atoms with Crippen molar-refractivity contribution in [3.05, 3.63) is 0 Å². The number of aliphatic hydroxyl groups excluding tert-OH is 2. The van der Waals surface area contributed by atoms with Crippen molar-refractivity contribution >= 4 is 5.97 Å². The molecule has 0 saturated carbocycles. The van der Waals surface area contributed by atoms with Crippen LogP contribution in [0.25, 0.3) is 0 Å². The minimum atomic E-state index is -0.781. The predicted molar refractivity (Wildman–Crippen MR) is 66.7 cm³/mol. The van der Waals surface area contributed by atoms with E-state index in [1.807, 2.05) is 0 Å². The van der Waals surface area contributed by atoms with Crippen molar-refractivity contribution in [2.75, 3.05) is 13.2 Å². The molecule has 0 saturated heterocycles. The number of carbonyl (C=O) groups excluding carboxylic acids is 1. The molecule has 17 heavy (non-hydrogen) atoms. The summed E-state index contributed by atoms with van der Waals surface area (Å²) in [6.45, 7) is 2.09. The largest absolute Gasteiger partial charge is 0.466 e. The second-order valence-corrected chi connectivity index (χ2v) is 4.36. The molecule has 0 fully saturated rings. The third kappa shape index (κ3) is 11.6. The van der Waals surface area contributed by atoms with Gasteiger partial charge in [-0.15, -0.1) is 0 Å². The molecule has 4 nitrogen and oxygen atoms in total. The summed E-state index contributed by atoms with van der Waals surface area (Å²) in [4.78, 5) is 11.2. The van der Waals surface area contributed by atoms with Crippen LogP contribution in [0.1, 0.15) is 58.3 Å². The van der Waals surface area contributed by atoms with Crippen LogP contribution in [0.3, 0.4) is 0 Å². The zero-order valence-electron chi connectivity index (χ0n) is 10.9. The van der Waals surface area contributed by atoms with Gasteiger partial charge in [0.2, 0.25) is 0 Å². The third-order valence-corrected chi connectivity index (χ3v) is 2.66. The number of hydrogen-bond acceptors (Lipinski definition) is 4. The first kappa shape index (κ1) is 16.4. The van der Waals surface area contributed by atoms with Crippen LogP contribution in [0.4, 0.5) is 0 Å². The molecule has 0 aliphatic heterocycles. The number of carbonyl (C=O) groups is 1. The van der Waals surface area contributed by atoms with Crippen molar-refractivity contribution in [3.8, 4) is 0 Å². The topological polar surface area (TPSA) is 66.8 Å². The van der Waals surface area contributed by atoms with Gasteiger partial charge >= 0.3 is 5.97 Å². The van der Waals surface area contributed by atoms with Crippen LogP contribution >= 0.6 is 0 Å². The lowest BCUT2D eigenvalue weighted by molar-refractivity contribution is -0.144. The highest BCUT2D eigenvalue weighted by atomic mass is 16.5. The molecule has 0 aromatic carbocycles. The molecule has 0 amide bonds. The molecular weight excluding hydrogens is 220 g/mol. The van der Waals surface area contributed by atoms with E-state index >= 15 is 0 Å². The molecule has 0 aliphatic carbocycles. The minimum absolute atomic E-state index is 0.191. The van der Waals surface area contributed by atoms with E-state index in [0.29, 0.717) is 12.8 Å². The van der Waals surface area contributed by atoms with E-state index in [2.05, 4.69) is 6.92 Å². The van der Waals surface area contributed by atoms with Crippen LogP contribution in [0.15, 0.2) is 0 Å². The van der Waals surface area contributed by atoms with Crippen molar-refractivity contribution in [2.45, 2.75) is 64.4 Å². The predicted octanol–water partition coefficient (Wildman–Crippen LogP) is 2.02. The highest BCUT2D eigenvalue weighted by molar-refractivity contribution is 5.69. The summed E-state index contributed by atoms with van der Waals surface area (Å²) in [5.41, 5.74) is 0. The van der Waals surface area contributed by atoms with Crippen molar-refractivity contribution in [3.63, 3.8) is 0 Å².